The summed E-state index contributed by atoms with van der Waals surface area (Å²) in [6.45, 7) is 2.07. The molecule has 4 nitrogen and oxygen atoms in total. The predicted octanol–water partition coefficient (Wildman–Crippen LogP) is 6.50. The highest BCUT2D eigenvalue weighted by atomic mass is 35.5. The molecule has 1 N–H and O–H groups in total. The van der Waals surface area contributed by atoms with Gasteiger partial charge < -0.3 is 4.74 Å². The second kappa shape index (κ2) is 7.78. The second-order valence-corrected chi connectivity index (χ2v) is 7.40. The van der Waals surface area contributed by atoms with Crippen LogP contribution in [0.15, 0.2) is 71.8 Å². The summed E-state index contributed by atoms with van der Waals surface area (Å²) in [5, 5.41) is 5.62. The second-order valence-electron chi connectivity index (χ2n) is 5.96. The highest BCUT2D eigenvalue weighted by Gasteiger charge is 2.03. The van der Waals surface area contributed by atoms with Crippen molar-refractivity contribution in [2.75, 3.05) is 5.43 Å². The molecule has 4 rings (SSSR count). The van der Waals surface area contributed by atoms with E-state index in [2.05, 4.69) is 34.6 Å². The van der Waals surface area contributed by atoms with Crippen molar-refractivity contribution >= 4 is 44.5 Å². The molecule has 1 aromatic heterocycles. The number of hydrogen-bond donors (Lipinski definition) is 1. The fourth-order valence-corrected chi connectivity index (χ4v) is 3.61. The zero-order valence-electron chi connectivity index (χ0n) is 14.5. The number of aryl methyl sites for hydroxylation is 1. The van der Waals surface area contributed by atoms with Gasteiger partial charge in [-0.05, 0) is 66.6 Å². The molecule has 0 spiro atoms. The van der Waals surface area contributed by atoms with E-state index in [0.29, 0.717) is 10.8 Å². The first kappa shape index (κ1) is 17.5. The molecular weight excluding hydrogens is 378 g/mol. The molecule has 4 aromatic rings. The zero-order valence-corrected chi connectivity index (χ0v) is 16.1. The van der Waals surface area contributed by atoms with Gasteiger partial charge >= 0.3 is 0 Å². The van der Waals surface area contributed by atoms with E-state index < -0.39 is 0 Å². The van der Waals surface area contributed by atoms with Crippen LogP contribution >= 0.6 is 22.9 Å². The SMILES string of the molecule is Cc1ccc2nc(N/N=C\c3ccc(Oc4ccccc4Cl)cc3)sc2c1. The zero-order chi connectivity index (χ0) is 18.6. The van der Waals surface area contributed by atoms with Crippen LogP contribution in [-0.2, 0) is 0 Å². The van der Waals surface area contributed by atoms with Crippen molar-refractivity contribution in [3.05, 3.63) is 82.9 Å². The molecule has 0 saturated heterocycles. The van der Waals surface area contributed by atoms with E-state index in [-0.39, 0.29) is 0 Å². The Labute approximate surface area is 166 Å². The fraction of sp³-hybridized carbons (Fsp3) is 0.0476. The average Bonchev–Trinajstić information content (AvgIpc) is 3.07. The van der Waals surface area contributed by atoms with Crippen LogP contribution in [0.25, 0.3) is 10.2 Å². The lowest BCUT2D eigenvalue weighted by Crippen LogP contribution is -1.90. The quantitative estimate of drug-likeness (QED) is 0.311. The summed E-state index contributed by atoms with van der Waals surface area (Å²) >= 11 is 7.69. The lowest BCUT2D eigenvalue weighted by molar-refractivity contribution is 0.483. The van der Waals surface area contributed by atoms with Gasteiger partial charge in [0.05, 0.1) is 21.5 Å². The fourth-order valence-electron chi connectivity index (χ4n) is 2.52. The summed E-state index contributed by atoms with van der Waals surface area (Å²) < 4.78 is 6.93. The number of ether oxygens (including phenoxy) is 1. The third-order valence-corrected chi connectivity index (χ3v) is 5.10. The van der Waals surface area contributed by atoms with E-state index in [1.54, 1.807) is 23.6 Å². The third kappa shape index (κ3) is 4.27. The molecule has 0 radical (unpaired) electrons. The van der Waals surface area contributed by atoms with Gasteiger partial charge in [0.2, 0.25) is 5.13 Å². The molecule has 0 aliphatic rings. The van der Waals surface area contributed by atoms with Crippen molar-refractivity contribution in [1.82, 2.24) is 4.98 Å². The first-order valence-electron chi connectivity index (χ1n) is 8.36. The van der Waals surface area contributed by atoms with Gasteiger partial charge in [0.1, 0.15) is 11.5 Å². The van der Waals surface area contributed by atoms with Gasteiger partial charge in [-0.3, -0.25) is 5.43 Å². The summed E-state index contributed by atoms with van der Waals surface area (Å²) in [4.78, 5) is 4.52. The number of halogens is 1. The van der Waals surface area contributed by atoms with Gasteiger partial charge in [-0.25, -0.2) is 4.98 Å². The van der Waals surface area contributed by atoms with Gasteiger partial charge in [-0.1, -0.05) is 41.1 Å². The molecule has 1 heterocycles. The van der Waals surface area contributed by atoms with Crippen molar-refractivity contribution in [1.29, 1.82) is 0 Å². The number of fused-ring (bicyclic) bond motifs is 1. The van der Waals surface area contributed by atoms with Gasteiger partial charge in [0.25, 0.3) is 0 Å². The minimum atomic E-state index is 0.582. The Kier molecular flexibility index (Phi) is 5.05. The van der Waals surface area contributed by atoms with E-state index in [0.717, 1.165) is 26.7 Å². The largest absolute Gasteiger partial charge is 0.456 e. The molecule has 6 heteroatoms. The van der Waals surface area contributed by atoms with Crippen molar-refractivity contribution in [3.63, 3.8) is 0 Å². The van der Waals surface area contributed by atoms with E-state index in [1.165, 1.54) is 5.56 Å². The Morgan fingerprint density at radius 1 is 1.07 bits per heavy atom. The number of nitrogens with one attached hydrogen (secondary N) is 1. The van der Waals surface area contributed by atoms with Crippen LogP contribution in [0.4, 0.5) is 5.13 Å². The van der Waals surface area contributed by atoms with Crippen LogP contribution in [0.1, 0.15) is 11.1 Å². The van der Waals surface area contributed by atoms with Gasteiger partial charge in [-0.2, -0.15) is 5.10 Å². The number of anilines is 1. The molecule has 0 aliphatic carbocycles. The maximum absolute atomic E-state index is 6.11. The molecule has 134 valence electrons. The molecule has 0 aliphatic heterocycles. The maximum Gasteiger partial charge on any atom is 0.204 e. The molecule has 0 amide bonds. The molecular formula is C21H16ClN3OS. The Morgan fingerprint density at radius 3 is 2.70 bits per heavy atom. The predicted molar refractivity (Wildman–Crippen MR) is 114 cm³/mol. The highest BCUT2D eigenvalue weighted by Crippen LogP contribution is 2.29. The van der Waals surface area contributed by atoms with Gasteiger partial charge in [0.15, 0.2) is 0 Å². The van der Waals surface area contributed by atoms with Gasteiger partial charge in [-0.15, -0.1) is 0 Å². The highest BCUT2D eigenvalue weighted by molar-refractivity contribution is 7.22. The average molecular weight is 394 g/mol. The van der Waals surface area contributed by atoms with E-state index in [4.69, 9.17) is 16.3 Å². The van der Waals surface area contributed by atoms with Crippen molar-refractivity contribution in [2.24, 2.45) is 5.10 Å². The van der Waals surface area contributed by atoms with Crippen LogP contribution < -0.4 is 10.2 Å². The summed E-state index contributed by atoms with van der Waals surface area (Å²) in [6, 6.07) is 21.2. The summed E-state index contributed by atoms with van der Waals surface area (Å²) in [6.07, 6.45) is 1.75. The van der Waals surface area contributed by atoms with E-state index in [1.807, 2.05) is 48.5 Å². The monoisotopic (exact) mass is 393 g/mol. The van der Waals surface area contributed by atoms with Crippen molar-refractivity contribution in [3.8, 4) is 11.5 Å². The topological polar surface area (TPSA) is 46.5 Å². The van der Waals surface area contributed by atoms with Crippen LogP contribution in [0, 0.1) is 6.92 Å². The summed E-state index contributed by atoms with van der Waals surface area (Å²) in [7, 11) is 0. The molecule has 3 aromatic carbocycles. The smallest absolute Gasteiger partial charge is 0.204 e. The molecule has 0 saturated carbocycles. The Morgan fingerprint density at radius 2 is 1.89 bits per heavy atom. The van der Waals surface area contributed by atoms with Crippen LogP contribution in [0.5, 0.6) is 11.5 Å². The molecule has 0 fully saturated rings. The van der Waals surface area contributed by atoms with Gasteiger partial charge in [0, 0.05) is 0 Å². The van der Waals surface area contributed by atoms with Crippen molar-refractivity contribution < 1.29 is 4.74 Å². The number of benzene rings is 3. The molecule has 0 atom stereocenters. The summed E-state index contributed by atoms with van der Waals surface area (Å²) in [5.41, 5.74) is 6.14. The normalized spacial score (nSPS) is 11.2. The minimum absolute atomic E-state index is 0.582. The van der Waals surface area contributed by atoms with Crippen LogP contribution in [0.2, 0.25) is 5.02 Å². The van der Waals surface area contributed by atoms with Crippen molar-refractivity contribution in [2.45, 2.75) is 6.92 Å². The molecule has 0 unspecified atom stereocenters. The number of hydrogen-bond acceptors (Lipinski definition) is 5. The summed E-state index contributed by atoms with van der Waals surface area (Å²) in [5.74, 6) is 1.35. The standard InChI is InChI=1S/C21H16ClN3OS/c1-14-6-11-18-20(12-14)27-21(24-18)25-23-13-15-7-9-16(10-8-15)26-19-5-3-2-4-17(19)22/h2-13H,1H3,(H,24,25)/b23-13-. The number of thiazole rings is 1. The van der Waals surface area contributed by atoms with E-state index in [9.17, 15) is 0 Å². The van der Waals surface area contributed by atoms with Crippen LogP contribution in [-0.4, -0.2) is 11.2 Å². The number of nitrogens with zero attached hydrogens (tertiary/aromatic N) is 2. The van der Waals surface area contributed by atoms with E-state index >= 15 is 0 Å². The lowest BCUT2D eigenvalue weighted by atomic mass is 10.2. The lowest BCUT2D eigenvalue weighted by Gasteiger charge is -2.07. The Balaban J connectivity index is 1.41. The Bertz CT molecular complexity index is 1110. The first-order valence-corrected chi connectivity index (χ1v) is 9.55. The molecule has 0 bridgehead atoms. The maximum atomic E-state index is 6.11. The third-order valence-electron chi connectivity index (χ3n) is 3.86. The molecule has 27 heavy (non-hydrogen) atoms. The first-order chi connectivity index (χ1) is 13.2. The van der Waals surface area contributed by atoms with Crippen LogP contribution in [0.3, 0.4) is 0 Å². The number of rotatable bonds is 5. The Hall–Kier alpha value is -2.89. The number of hydrazone groups is 1. The number of para-hydroxylation sites is 1. The number of aromatic nitrogens is 1. The minimum Gasteiger partial charge on any atom is -0.456 e.